The van der Waals surface area contributed by atoms with Gasteiger partial charge < -0.3 is 14.8 Å². The lowest BCUT2D eigenvalue weighted by Crippen LogP contribution is -2.23. The lowest BCUT2D eigenvalue weighted by atomic mass is 9.84. The molecule has 0 radical (unpaired) electrons. The number of aromatic nitrogens is 2. The Labute approximate surface area is 161 Å². The van der Waals surface area contributed by atoms with Gasteiger partial charge in [0.15, 0.2) is 5.82 Å². The Morgan fingerprint density at radius 2 is 1.89 bits per heavy atom. The Hall–Kier alpha value is -2.99. The van der Waals surface area contributed by atoms with E-state index in [0.717, 1.165) is 22.4 Å². The quantitative estimate of drug-likeness (QED) is 0.707. The highest BCUT2D eigenvalue weighted by Crippen LogP contribution is 2.45. The monoisotopic (exact) mass is 383 g/mol. The van der Waals surface area contributed by atoms with E-state index in [-0.39, 0.29) is 11.8 Å². The molecule has 2 heterocycles. The van der Waals surface area contributed by atoms with Gasteiger partial charge in [-0.3, -0.25) is 9.89 Å². The van der Waals surface area contributed by atoms with Gasteiger partial charge in [-0.1, -0.05) is 29.8 Å². The largest absolute Gasteiger partial charge is 0.497 e. The van der Waals surface area contributed by atoms with Crippen molar-refractivity contribution in [1.29, 1.82) is 0 Å². The molecule has 2 N–H and O–H groups in total. The SMILES string of the molecule is COc1ccc([C@@H]2CC(=O)Nc3n[nH]c(-c4ccc(Cl)cc4)c32)c(OC)c1. The molecule has 3 aromatic rings. The van der Waals surface area contributed by atoms with Gasteiger partial charge in [0.2, 0.25) is 5.91 Å². The van der Waals surface area contributed by atoms with Crippen LogP contribution in [-0.4, -0.2) is 30.3 Å². The van der Waals surface area contributed by atoms with Crippen LogP contribution < -0.4 is 14.8 Å². The molecule has 4 rings (SSSR count). The van der Waals surface area contributed by atoms with Crippen molar-refractivity contribution >= 4 is 23.3 Å². The molecule has 7 heteroatoms. The normalized spacial score (nSPS) is 15.8. The summed E-state index contributed by atoms with van der Waals surface area (Å²) in [5.41, 5.74) is 3.64. The average molecular weight is 384 g/mol. The standard InChI is InChI=1S/C20H18ClN3O3/c1-26-13-7-8-14(16(9-13)27-2)15-10-17(25)22-20-18(15)19(23-24-20)11-3-5-12(21)6-4-11/h3-9,15H,10H2,1-2H3,(H2,22,23,24,25)/t15-/m0/s1. The van der Waals surface area contributed by atoms with Crippen LogP contribution in [0.2, 0.25) is 5.02 Å². The number of carbonyl (C=O) groups is 1. The Morgan fingerprint density at radius 1 is 1.11 bits per heavy atom. The molecule has 138 valence electrons. The summed E-state index contributed by atoms with van der Waals surface area (Å²) in [4.78, 5) is 12.3. The Balaban J connectivity index is 1.87. The number of benzene rings is 2. The molecule has 0 fully saturated rings. The molecule has 0 spiro atoms. The molecule has 2 aromatic carbocycles. The molecule has 1 aliphatic heterocycles. The lowest BCUT2D eigenvalue weighted by Gasteiger charge is -2.25. The second kappa shape index (κ2) is 6.96. The van der Waals surface area contributed by atoms with E-state index in [4.69, 9.17) is 21.1 Å². The number of methoxy groups -OCH3 is 2. The van der Waals surface area contributed by atoms with E-state index in [1.807, 2.05) is 42.5 Å². The summed E-state index contributed by atoms with van der Waals surface area (Å²) in [6, 6.07) is 13.1. The first-order valence-corrected chi connectivity index (χ1v) is 8.84. The molecular formula is C20H18ClN3O3. The Bertz CT molecular complexity index is 998. The van der Waals surface area contributed by atoms with Crippen molar-refractivity contribution in [1.82, 2.24) is 10.2 Å². The number of carbonyl (C=O) groups excluding carboxylic acids is 1. The summed E-state index contributed by atoms with van der Waals surface area (Å²) in [5.74, 6) is 1.63. The minimum atomic E-state index is -0.195. The van der Waals surface area contributed by atoms with Crippen molar-refractivity contribution in [2.75, 3.05) is 19.5 Å². The van der Waals surface area contributed by atoms with Gasteiger partial charge in [0.1, 0.15) is 11.5 Å². The van der Waals surface area contributed by atoms with Gasteiger partial charge in [-0.15, -0.1) is 0 Å². The molecular weight excluding hydrogens is 366 g/mol. The van der Waals surface area contributed by atoms with Crippen LogP contribution in [0.5, 0.6) is 11.5 Å². The molecule has 0 saturated carbocycles. The first-order chi connectivity index (χ1) is 13.1. The first-order valence-electron chi connectivity index (χ1n) is 8.46. The molecule has 1 amide bonds. The molecule has 27 heavy (non-hydrogen) atoms. The minimum absolute atomic E-state index is 0.0838. The molecule has 0 unspecified atom stereocenters. The highest BCUT2D eigenvalue weighted by atomic mass is 35.5. The van der Waals surface area contributed by atoms with Gasteiger partial charge in [0.25, 0.3) is 0 Å². The number of nitrogens with zero attached hydrogens (tertiary/aromatic N) is 1. The fourth-order valence-electron chi connectivity index (χ4n) is 3.46. The van der Waals surface area contributed by atoms with E-state index in [9.17, 15) is 4.79 Å². The van der Waals surface area contributed by atoms with E-state index in [1.165, 1.54) is 0 Å². The molecule has 1 aromatic heterocycles. The Morgan fingerprint density at radius 3 is 2.59 bits per heavy atom. The average Bonchev–Trinajstić information content (AvgIpc) is 3.11. The number of fused-ring (bicyclic) bond motifs is 1. The summed E-state index contributed by atoms with van der Waals surface area (Å²) in [6.45, 7) is 0. The van der Waals surface area contributed by atoms with Crippen molar-refractivity contribution in [3.63, 3.8) is 0 Å². The maximum atomic E-state index is 12.3. The van der Waals surface area contributed by atoms with E-state index in [0.29, 0.717) is 28.8 Å². The zero-order chi connectivity index (χ0) is 19.0. The molecule has 0 bridgehead atoms. The Kier molecular flexibility index (Phi) is 4.49. The van der Waals surface area contributed by atoms with Gasteiger partial charge in [0.05, 0.1) is 19.9 Å². The van der Waals surface area contributed by atoms with Gasteiger partial charge in [0, 0.05) is 40.1 Å². The van der Waals surface area contributed by atoms with Crippen LogP contribution in [0.15, 0.2) is 42.5 Å². The summed E-state index contributed by atoms with van der Waals surface area (Å²) in [6.07, 6.45) is 0.301. The zero-order valence-electron chi connectivity index (χ0n) is 14.9. The number of amides is 1. The van der Waals surface area contributed by atoms with Crippen molar-refractivity contribution in [2.24, 2.45) is 0 Å². The van der Waals surface area contributed by atoms with Crippen LogP contribution in [-0.2, 0) is 4.79 Å². The first kappa shape index (κ1) is 17.4. The summed E-state index contributed by atoms with van der Waals surface area (Å²) < 4.78 is 10.9. The molecule has 6 nitrogen and oxygen atoms in total. The van der Waals surface area contributed by atoms with Crippen molar-refractivity contribution in [3.05, 3.63) is 58.6 Å². The minimum Gasteiger partial charge on any atom is -0.497 e. The van der Waals surface area contributed by atoms with Crippen LogP contribution in [0, 0.1) is 0 Å². The zero-order valence-corrected chi connectivity index (χ0v) is 15.6. The van der Waals surface area contributed by atoms with Crippen molar-refractivity contribution in [3.8, 4) is 22.8 Å². The second-order valence-corrected chi connectivity index (χ2v) is 6.72. The molecule has 0 saturated heterocycles. The van der Waals surface area contributed by atoms with Crippen LogP contribution in [0.1, 0.15) is 23.5 Å². The predicted octanol–water partition coefficient (Wildman–Crippen LogP) is 4.22. The number of anilines is 1. The van der Waals surface area contributed by atoms with Crippen molar-refractivity contribution < 1.29 is 14.3 Å². The van der Waals surface area contributed by atoms with E-state index < -0.39 is 0 Å². The van der Waals surface area contributed by atoms with Crippen LogP contribution in [0.25, 0.3) is 11.3 Å². The summed E-state index contributed by atoms with van der Waals surface area (Å²) in [5, 5.41) is 10.9. The second-order valence-electron chi connectivity index (χ2n) is 6.28. The maximum Gasteiger partial charge on any atom is 0.226 e. The van der Waals surface area contributed by atoms with Crippen molar-refractivity contribution in [2.45, 2.75) is 12.3 Å². The summed E-state index contributed by atoms with van der Waals surface area (Å²) in [7, 11) is 3.22. The number of H-pyrrole nitrogens is 1. The third-order valence-electron chi connectivity index (χ3n) is 4.75. The number of hydrogen-bond donors (Lipinski definition) is 2. The van der Waals surface area contributed by atoms with Crippen LogP contribution in [0.3, 0.4) is 0 Å². The van der Waals surface area contributed by atoms with E-state index in [1.54, 1.807) is 14.2 Å². The van der Waals surface area contributed by atoms with Crippen LogP contribution >= 0.6 is 11.6 Å². The molecule has 0 aliphatic carbocycles. The fourth-order valence-corrected chi connectivity index (χ4v) is 3.59. The van der Waals surface area contributed by atoms with Gasteiger partial charge in [-0.25, -0.2) is 0 Å². The number of nitrogens with one attached hydrogen (secondary N) is 2. The number of aromatic amines is 1. The van der Waals surface area contributed by atoms with Gasteiger partial charge >= 0.3 is 0 Å². The van der Waals surface area contributed by atoms with Crippen LogP contribution in [0.4, 0.5) is 5.82 Å². The number of rotatable bonds is 4. The smallest absolute Gasteiger partial charge is 0.226 e. The number of hydrogen-bond acceptors (Lipinski definition) is 4. The molecule has 1 aliphatic rings. The third kappa shape index (κ3) is 3.13. The van der Waals surface area contributed by atoms with E-state index in [2.05, 4.69) is 15.5 Å². The molecule has 1 atom stereocenters. The fraction of sp³-hybridized carbons (Fsp3) is 0.200. The topological polar surface area (TPSA) is 76.2 Å². The number of ether oxygens (including phenoxy) is 2. The highest BCUT2D eigenvalue weighted by Gasteiger charge is 2.33. The number of halogens is 1. The third-order valence-corrected chi connectivity index (χ3v) is 5.00. The van der Waals surface area contributed by atoms with Gasteiger partial charge in [-0.2, -0.15) is 5.10 Å². The predicted molar refractivity (Wildman–Crippen MR) is 104 cm³/mol. The maximum absolute atomic E-state index is 12.3. The van der Waals surface area contributed by atoms with Gasteiger partial charge in [-0.05, 0) is 18.2 Å². The highest BCUT2D eigenvalue weighted by molar-refractivity contribution is 6.30. The van der Waals surface area contributed by atoms with E-state index >= 15 is 0 Å². The lowest BCUT2D eigenvalue weighted by molar-refractivity contribution is -0.116. The summed E-state index contributed by atoms with van der Waals surface area (Å²) >= 11 is 6.02.